The number of benzene rings is 1. The van der Waals surface area contributed by atoms with Crippen LogP contribution >= 0.6 is 0 Å². The third-order valence-electron chi connectivity index (χ3n) is 2.45. The van der Waals surface area contributed by atoms with Crippen LogP contribution in [0.4, 0.5) is 4.79 Å². The van der Waals surface area contributed by atoms with Crippen molar-refractivity contribution < 1.29 is 14.6 Å². The van der Waals surface area contributed by atoms with Crippen molar-refractivity contribution in [1.29, 1.82) is 0 Å². The molecule has 1 heterocycles. The number of nitrogens with one attached hydrogen (secondary N) is 2. The maximum absolute atomic E-state index is 11.6. The molecule has 1 amide bonds. The van der Waals surface area contributed by atoms with E-state index >= 15 is 0 Å². The second-order valence-electron chi connectivity index (χ2n) is 3.81. The van der Waals surface area contributed by atoms with Gasteiger partial charge in [0.05, 0.1) is 6.61 Å². The van der Waals surface area contributed by atoms with Crippen molar-refractivity contribution in [3.05, 3.63) is 48.0 Å². The fraction of sp³-hybridized carbons (Fsp3) is 0.250. The summed E-state index contributed by atoms with van der Waals surface area (Å²) in [5.74, 6) is 0.374. The average Bonchev–Trinajstić information content (AvgIpc) is 2.97. The van der Waals surface area contributed by atoms with Crippen molar-refractivity contribution >= 4 is 6.09 Å². The van der Waals surface area contributed by atoms with Gasteiger partial charge in [-0.2, -0.15) is 5.10 Å². The van der Waals surface area contributed by atoms with E-state index in [1.165, 1.54) is 6.33 Å². The standard InChI is InChI=1S/C12H14N4O3/c17-6-10(11-13-8-14-16-11)15-12(18)19-7-9-4-2-1-3-5-9/h1-5,8,10,17H,6-7H2,(H,15,18)(H,13,14,16)/t10-/m1/s1. The molecule has 7 nitrogen and oxygen atoms in total. The number of nitrogens with zero attached hydrogens (tertiary/aromatic N) is 2. The van der Waals surface area contributed by atoms with Crippen molar-refractivity contribution in [2.45, 2.75) is 12.6 Å². The average molecular weight is 262 g/mol. The second-order valence-corrected chi connectivity index (χ2v) is 3.81. The Kier molecular flexibility index (Phi) is 4.46. The monoisotopic (exact) mass is 262 g/mol. The number of H-pyrrole nitrogens is 1. The molecule has 0 spiro atoms. The summed E-state index contributed by atoms with van der Waals surface area (Å²) < 4.78 is 5.04. The number of carbonyl (C=O) groups is 1. The Bertz CT molecular complexity index is 501. The van der Waals surface area contributed by atoms with E-state index in [9.17, 15) is 9.90 Å². The summed E-state index contributed by atoms with van der Waals surface area (Å²) in [6, 6.07) is 8.66. The summed E-state index contributed by atoms with van der Waals surface area (Å²) in [4.78, 5) is 15.4. The van der Waals surface area contributed by atoms with Crippen LogP contribution < -0.4 is 5.32 Å². The van der Waals surface area contributed by atoms with Gasteiger partial charge in [0.2, 0.25) is 0 Å². The number of hydrogen-bond donors (Lipinski definition) is 3. The van der Waals surface area contributed by atoms with E-state index in [1.54, 1.807) is 0 Å². The Hall–Kier alpha value is -2.41. The molecular weight excluding hydrogens is 248 g/mol. The number of aromatic nitrogens is 3. The van der Waals surface area contributed by atoms with E-state index in [2.05, 4.69) is 20.5 Å². The van der Waals surface area contributed by atoms with Crippen molar-refractivity contribution in [3.63, 3.8) is 0 Å². The zero-order valence-electron chi connectivity index (χ0n) is 10.1. The third-order valence-corrected chi connectivity index (χ3v) is 2.45. The molecule has 0 saturated carbocycles. The molecule has 0 unspecified atom stereocenters. The molecule has 0 radical (unpaired) electrons. The van der Waals surface area contributed by atoms with Crippen LogP contribution in [-0.4, -0.2) is 33.0 Å². The van der Waals surface area contributed by atoms with E-state index in [1.807, 2.05) is 30.3 Å². The van der Waals surface area contributed by atoms with Crippen LogP contribution in [0.2, 0.25) is 0 Å². The van der Waals surface area contributed by atoms with Crippen molar-refractivity contribution in [3.8, 4) is 0 Å². The summed E-state index contributed by atoms with van der Waals surface area (Å²) in [5.41, 5.74) is 0.887. The van der Waals surface area contributed by atoms with Gasteiger partial charge in [-0.1, -0.05) is 30.3 Å². The lowest BCUT2D eigenvalue weighted by Gasteiger charge is -2.13. The lowest BCUT2D eigenvalue weighted by molar-refractivity contribution is 0.128. The molecule has 19 heavy (non-hydrogen) atoms. The van der Waals surface area contributed by atoms with E-state index in [-0.39, 0.29) is 13.2 Å². The maximum Gasteiger partial charge on any atom is 0.408 e. The van der Waals surface area contributed by atoms with Crippen LogP contribution in [-0.2, 0) is 11.3 Å². The molecule has 7 heteroatoms. The summed E-state index contributed by atoms with van der Waals surface area (Å²) in [7, 11) is 0. The zero-order chi connectivity index (χ0) is 13.5. The molecule has 2 rings (SSSR count). The van der Waals surface area contributed by atoms with Crippen LogP contribution in [0.15, 0.2) is 36.7 Å². The Balaban J connectivity index is 1.84. The first-order valence-electron chi connectivity index (χ1n) is 5.73. The van der Waals surface area contributed by atoms with E-state index in [0.29, 0.717) is 5.82 Å². The number of aromatic amines is 1. The van der Waals surface area contributed by atoms with Crippen LogP contribution in [0.25, 0.3) is 0 Å². The minimum absolute atomic E-state index is 0.168. The molecule has 1 aromatic heterocycles. The highest BCUT2D eigenvalue weighted by molar-refractivity contribution is 5.67. The molecule has 0 aliphatic heterocycles. The molecule has 0 fully saturated rings. The Morgan fingerprint density at radius 3 is 2.84 bits per heavy atom. The van der Waals surface area contributed by atoms with Crippen LogP contribution in [0, 0.1) is 0 Å². The maximum atomic E-state index is 11.6. The van der Waals surface area contributed by atoms with Gasteiger partial charge in [-0.15, -0.1) is 0 Å². The first kappa shape index (κ1) is 13.0. The number of hydrogen-bond acceptors (Lipinski definition) is 5. The SMILES string of the molecule is O=C(N[C@H](CO)c1ncn[nH]1)OCc1ccccc1. The van der Waals surface area contributed by atoms with Crippen LogP contribution in [0.3, 0.4) is 0 Å². The van der Waals surface area contributed by atoms with Gasteiger partial charge in [0.1, 0.15) is 24.8 Å². The van der Waals surface area contributed by atoms with Gasteiger partial charge in [-0.05, 0) is 5.56 Å². The minimum Gasteiger partial charge on any atom is -0.445 e. The molecule has 3 N–H and O–H groups in total. The topological polar surface area (TPSA) is 100 Å². The van der Waals surface area contributed by atoms with Gasteiger partial charge >= 0.3 is 6.09 Å². The summed E-state index contributed by atoms with van der Waals surface area (Å²) >= 11 is 0. The fourth-order valence-corrected chi connectivity index (χ4v) is 1.49. The number of carbonyl (C=O) groups excluding carboxylic acids is 1. The Morgan fingerprint density at radius 2 is 2.21 bits per heavy atom. The Morgan fingerprint density at radius 1 is 1.42 bits per heavy atom. The normalized spacial score (nSPS) is 11.8. The van der Waals surface area contributed by atoms with Crippen molar-refractivity contribution in [2.75, 3.05) is 6.61 Å². The lowest BCUT2D eigenvalue weighted by Crippen LogP contribution is -2.32. The largest absolute Gasteiger partial charge is 0.445 e. The van der Waals surface area contributed by atoms with Gasteiger partial charge in [0, 0.05) is 0 Å². The quantitative estimate of drug-likeness (QED) is 0.738. The predicted octanol–water partition coefficient (Wildman–Crippen LogP) is 0.764. The molecule has 2 aromatic rings. The second kappa shape index (κ2) is 6.50. The number of rotatable bonds is 5. The van der Waals surface area contributed by atoms with Gasteiger partial charge < -0.3 is 15.2 Å². The van der Waals surface area contributed by atoms with Crippen molar-refractivity contribution in [1.82, 2.24) is 20.5 Å². The molecule has 0 aliphatic carbocycles. The Labute approximate surface area is 109 Å². The smallest absolute Gasteiger partial charge is 0.408 e. The summed E-state index contributed by atoms with van der Waals surface area (Å²) in [5, 5.41) is 17.9. The van der Waals surface area contributed by atoms with Crippen molar-refractivity contribution in [2.24, 2.45) is 0 Å². The molecule has 0 aliphatic rings. The number of aliphatic hydroxyl groups excluding tert-OH is 1. The summed E-state index contributed by atoms with van der Waals surface area (Å²) in [6.45, 7) is -0.128. The molecule has 0 bridgehead atoms. The molecular formula is C12H14N4O3. The molecule has 1 atom stereocenters. The minimum atomic E-state index is -0.661. The van der Waals surface area contributed by atoms with Gasteiger partial charge in [-0.3, -0.25) is 5.10 Å². The number of aliphatic hydroxyl groups is 1. The number of ether oxygens (including phenoxy) is 1. The van der Waals surface area contributed by atoms with E-state index in [0.717, 1.165) is 5.56 Å². The van der Waals surface area contributed by atoms with Gasteiger partial charge in [0.25, 0.3) is 0 Å². The van der Waals surface area contributed by atoms with Crippen LogP contribution in [0.1, 0.15) is 17.4 Å². The van der Waals surface area contributed by atoms with Crippen LogP contribution in [0.5, 0.6) is 0 Å². The van der Waals surface area contributed by atoms with Gasteiger partial charge in [0.15, 0.2) is 0 Å². The number of alkyl carbamates (subject to hydrolysis) is 1. The molecule has 100 valence electrons. The lowest BCUT2D eigenvalue weighted by atomic mass is 10.2. The van der Waals surface area contributed by atoms with E-state index in [4.69, 9.17) is 4.74 Å². The highest BCUT2D eigenvalue weighted by Gasteiger charge is 2.16. The first-order valence-corrected chi connectivity index (χ1v) is 5.73. The number of amides is 1. The third kappa shape index (κ3) is 3.78. The highest BCUT2D eigenvalue weighted by Crippen LogP contribution is 2.06. The molecule has 0 saturated heterocycles. The summed E-state index contributed by atoms with van der Waals surface area (Å²) in [6.07, 6.45) is 0.675. The van der Waals surface area contributed by atoms with E-state index < -0.39 is 12.1 Å². The molecule has 1 aromatic carbocycles. The highest BCUT2D eigenvalue weighted by atomic mass is 16.5. The zero-order valence-corrected chi connectivity index (χ0v) is 10.1. The van der Waals surface area contributed by atoms with Gasteiger partial charge in [-0.25, -0.2) is 9.78 Å². The fourth-order valence-electron chi connectivity index (χ4n) is 1.49. The predicted molar refractivity (Wildman–Crippen MR) is 66.0 cm³/mol. The first-order chi connectivity index (χ1) is 9.29.